The van der Waals surface area contributed by atoms with Crippen molar-refractivity contribution in [1.29, 1.82) is 0 Å². The van der Waals surface area contributed by atoms with Crippen molar-refractivity contribution in [3.8, 4) is 0 Å². The number of hydrogen-bond acceptors (Lipinski definition) is 5. The second-order valence-corrected chi connectivity index (χ2v) is 10.7. The molecule has 2 N–H and O–H groups in total. The predicted octanol–water partition coefficient (Wildman–Crippen LogP) is 4.93. The quantitative estimate of drug-likeness (QED) is 0.286. The molecule has 0 aliphatic heterocycles. The molecule has 37 heavy (non-hydrogen) atoms. The second kappa shape index (κ2) is 9.96. The summed E-state index contributed by atoms with van der Waals surface area (Å²) in [7, 11) is -4.13. The maximum Gasteiger partial charge on any atom is 0.435 e. The molecule has 1 heterocycles. The zero-order chi connectivity index (χ0) is 27.9. The summed E-state index contributed by atoms with van der Waals surface area (Å²) in [5.74, 6) is -2.39. The Morgan fingerprint density at radius 1 is 1.05 bits per heavy atom. The maximum atomic E-state index is 13.3. The molecule has 1 aromatic heterocycles. The molecule has 198 valence electrons. The number of nitrogens with zero attached hydrogens (tertiary/aromatic N) is 2. The Kier molecular flexibility index (Phi) is 7.65. The van der Waals surface area contributed by atoms with Crippen LogP contribution in [0.2, 0.25) is 0 Å². The van der Waals surface area contributed by atoms with Crippen LogP contribution in [-0.2, 0) is 28.7 Å². The zero-order valence-corrected chi connectivity index (χ0v) is 21.3. The number of benzene rings is 2. The number of nitrogens with one attached hydrogen (secondary N) is 1. The Morgan fingerprint density at radius 3 is 2.24 bits per heavy atom. The number of alkyl halides is 6. The highest BCUT2D eigenvalue weighted by atomic mass is 127. The highest BCUT2D eigenvalue weighted by Crippen LogP contribution is 2.36. The first-order valence-corrected chi connectivity index (χ1v) is 12.7. The largest absolute Gasteiger partial charge is 0.478 e. The number of rotatable bonds is 6. The molecule has 0 fully saturated rings. The van der Waals surface area contributed by atoms with Crippen LogP contribution in [-0.4, -0.2) is 41.4 Å². The van der Waals surface area contributed by atoms with E-state index in [1.807, 2.05) is 0 Å². The van der Waals surface area contributed by atoms with Gasteiger partial charge >= 0.3 is 18.3 Å². The Balaban J connectivity index is 2.04. The van der Waals surface area contributed by atoms with E-state index in [4.69, 9.17) is 0 Å². The van der Waals surface area contributed by atoms with Gasteiger partial charge in [-0.25, -0.2) is 13.2 Å². The lowest BCUT2D eigenvalue weighted by molar-refractivity contribution is -0.144. The van der Waals surface area contributed by atoms with Gasteiger partial charge in [-0.1, -0.05) is 12.1 Å². The lowest BCUT2D eigenvalue weighted by Gasteiger charge is -2.15. The minimum absolute atomic E-state index is 0.0495. The van der Waals surface area contributed by atoms with Gasteiger partial charge in [0.1, 0.15) is 5.69 Å². The van der Waals surface area contributed by atoms with Crippen LogP contribution in [0.1, 0.15) is 37.7 Å². The number of carbonyl (C=O) groups is 2. The van der Waals surface area contributed by atoms with Crippen molar-refractivity contribution >= 4 is 50.0 Å². The van der Waals surface area contributed by atoms with Gasteiger partial charge in [-0.05, 0) is 52.4 Å². The molecule has 16 heteroatoms. The van der Waals surface area contributed by atoms with Crippen molar-refractivity contribution < 1.29 is 49.5 Å². The van der Waals surface area contributed by atoms with Gasteiger partial charge in [0.15, 0.2) is 15.5 Å². The number of anilines is 1. The number of halogens is 7. The summed E-state index contributed by atoms with van der Waals surface area (Å²) < 4.78 is 104. The Labute approximate surface area is 218 Å². The van der Waals surface area contributed by atoms with E-state index in [-0.39, 0.29) is 36.7 Å². The Hall–Kier alpha value is -3.15. The molecular formula is C21H14F6IN3O5S. The molecule has 0 bridgehead atoms. The molecular weight excluding hydrogens is 647 g/mol. The summed E-state index contributed by atoms with van der Waals surface area (Å²) in [6.45, 7) is -0.874. The average Bonchev–Trinajstić information content (AvgIpc) is 3.18. The van der Waals surface area contributed by atoms with E-state index in [9.17, 15) is 49.5 Å². The fraction of sp³-hybridized carbons (Fsp3) is 0.190. The van der Waals surface area contributed by atoms with Crippen LogP contribution in [0.4, 0.5) is 32.0 Å². The molecule has 0 radical (unpaired) electrons. The molecule has 0 saturated heterocycles. The molecule has 0 atom stereocenters. The SMILES string of the molecule is CS(=O)(=O)c1cc(Cn2nc(C(F)(F)F)cc2C(F)(F)F)ccc1NC(=O)c1c(I)cccc1C(=O)O. The number of amides is 1. The van der Waals surface area contributed by atoms with E-state index < -0.39 is 56.9 Å². The van der Waals surface area contributed by atoms with Crippen LogP contribution in [0.15, 0.2) is 47.4 Å². The molecule has 1 amide bonds. The van der Waals surface area contributed by atoms with E-state index in [1.54, 1.807) is 22.6 Å². The summed E-state index contributed by atoms with van der Waals surface area (Å²) in [6, 6.07) is 6.85. The summed E-state index contributed by atoms with van der Waals surface area (Å²) in [6.07, 6.45) is -9.59. The van der Waals surface area contributed by atoms with Gasteiger partial charge < -0.3 is 10.4 Å². The molecule has 2 aromatic carbocycles. The third kappa shape index (κ3) is 6.41. The predicted molar refractivity (Wildman–Crippen MR) is 125 cm³/mol. The van der Waals surface area contributed by atoms with Crippen molar-refractivity contribution in [1.82, 2.24) is 9.78 Å². The van der Waals surface area contributed by atoms with Crippen molar-refractivity contribution in [2.24, 2.45) is 0 Å². The Bertz CT molecular complexity index is 1500. The molecule has 0 aliphatic rings. The first kappa shape index (κ1) is 28.4. The van der Waals surface area contributed by atoms with Gasteiger partial charge in [0.25, 0.3) is 5.91 Å². The third-order valence-corrected chi connectivity index (χ3v) is 6.89. The molecule has 0 aliphatic carbocycles. The molecule has 0 spiro atoms. The van der Waals surface area contributed by atoms with E-state index in [0.29, 0.717) is 0 Å². The number of carboxylic acids is 1. The monoisotopic (exact) mass is 661 g/mol. The normalized spacial score (nSPS) is 12.4. The van der Waals surface area contributed by atoms with Crippen molar-refractivity contribution in [3.05, 3.63) is 74.1 Å². The van der Waals surface area contributed by atoms with Crippen molar-refractivity contribution in [3.63, 3.8) is 0 Å². The fourth-order valence-corrected chi connectivity index (χ4v) is 4.90. The number of carbonyl (C=O) groups excluding carboxylic acids is 1. The highest BCUT2D eigenvalue weighted by molar-refractivity contribution is 14.1. The molecule has 3 aromatic rings. The van der Waals surface area contributed by atoms with Crippen LogP contribution >= 0.6 is 22.6 Å². The number of carboxylic acid groups (broad SMARTS) is 1. The zero-order valence-electron chi connectivity index (χ0n) is 18.3. The number of aromatic nitrogens is 2. The minimum Gasteiger partial charge on any atom is -0.478 e. The second-order valence-electron chi connectivity index (χ2n) is 7.59. The van der Waals surface area contributed by atoms with Crippen LogP contribution < -0.4 is 5.32 Å². The smallest absolute Gasteiger partial charge is 0.435 e. The van der Waals surface area contributed by atoms with Gasteiger partial charge in [-0.15, -0.1) is 0 Å². The average molecular weight is 661 g/mol. The maximum absolute atomic E-state index is 13.3. The number of sulfone groups is 1. The van der Waals surface area contributed by atoms with E-state index in [2.05, 4.69) is 10.4 Å². The highest BCUT2D eigenvalue weighted by Gasteiger charge is 2.41. The van der Waals surface area contributed by atoms with Gasteiger partial charge in [0.05, 0.1) is 28.3 Å². The summed E-state index contributed by atoms with van der Waals surface area (Å²) in [5.41, 5.74) is -4.58. The first-order chi connectivity index (χ1) is 16.9. The van der Waals surface area contributed by atoms with Gasteiger partial charge in [0, 0.05) is 15.9 Å². The minimum atomic E-state index is -5.18. The standard InChI is InChI=1S/C21H14F6IN3O5S/c1-37(35,36)14-7-10(9-31-16(21(25,26)27)8-15(30-31)20(22,23)24)5-6-13(14)29-18(32)17-11(19(33)34)3-2-4-12(17)28/h2-8H,9H2,1H3,(H,29,32)(H,33,34). The number of hydrogen-bond donors (Lipinski definition) is 2. The summed E-state index contributed by atoms with van der Waals surface area (Å²) in [5, 5.41) is 14.6. The topological polar surface area (TPSA) is 118 Å². The molecule has 0 saturated carbocycles. The van der Waals surface area contributed by atoms with Crippen LogP contribution in [0.3, 0.4) is 0 Å². The van der Waals surface area contributed by atoms with Gasteiger partial charge in [0.2, 0.25) is 0 Å². The molecule has 0 unspecified atom stereocenters. The molecule has 8 nitrogen and oxygen atoms in total. The van der Waals surface area contributed by atoms with E-state index >= 15 is 0 Å². The third-order valence-electron chi connectivity index (χ3n) is 4.86. The van der Waals surface area contributed by atoms with Crippen LogP contribution in [0.5, 0.6) is 0 Å². The lowest BCUT2D eigenvalue weighted by Crippen LogP contribution is -2.20. The van der Waals surface area contributed by atoms with Gasteiger partial charge in [-0.2, -0.15) is 31.4 Å². The van der Waals surface area contributed by atoms with Gasteiger partial charge in [-0.3, -0.25) is 9.48 Å². The fourth-order valence-electron chi connectivity index (χ4n) is 3.27. The van der Waals surface area contributed by atoms with E-state index in [1.165, 1.54) is 12.1 Å². The van der Waals surface area contributed by atoms with Crippen LogP contribution in [0, 0.1) is 3.57 Å². The summed E-state index contributed by atoms with van der Waals surface area (Å²) >= 11 is 1.71. The van der Waals surface area contributed by atoms with Crippen molar-refractivity contribution in [2.45, 2.75) is 23.8 Å². The van der Waals surface area contributed by atoms with Crippen LogP contribution in [0.25, 0.3) is 0 Å². The summed E-state index contributed by atoms with van der Waals surface area (Å²) in [4.78, 5) is 23.8. The first-order valence-electron chi connectivity index (χ1n) is 9.78. The molecule has 3 rings (SSSR count). The van der Waals surface area contributed by atoms with E-state index in [0.717, 1.165) is 30.5 Å². The van der Waals surface area contributed by atoms with Crippen molar-refractivity contribution in [2.75, 3.05) is 11.6 Å². The Morgan fingerprint density at radius 2 is 1.70 bits per heavy atom. The number of aromatic carboxylic acids is 1. The lowest BCUT2D eigenvalue weighted by atomic mass is 10.1.